The molecule has 0 aromatic carbocycles. The van der Waals surface area contributed by atoms with Gasteiger partial charge < -0.3 is 10.6 Å². The lowest BCUT2D eigenvalue weighted by Gasteiger charge is -2.17. The molecule has 4 heteroatoms. The van der Waals surface area contributed by atoms with Crippen molar-refractivity contribution in [2.24, 2.45) is 11.7 Å². The first-order valence-corrected chi connectivity index (χ1v) is 7.03. The van der Waals surface area contributed by atoms with Gasteiger partial charge in [0.05, 0.1) is 0 Å². The number of thiophene rings is 1. The highest BCUT2D eigenvalue weighted by Gasteiger charge is 2.11. The van der Waals surface area contributed by atoms with E-state index in [1.165, 1.54) is 5.56 Å². The fraction of sp³-hybridized carbons (Fsp3) is 0.615. The summed E-state index contributed by atoms with van der Waals surface area (Å²) in [5, 5.41) is 4.12. The summed E-state index contributed by atoms with van der Waals surface area (Å²) in [6.45, 7) is 3.58. The Kier molecular flexibility index (Phi) is 6.22. The van der Waals surface area contributed by atoms with E-state index < -0.39 is 0 Å². The van der Waals surface area contributed by atoms with Gasteiger partial charge in [-0.15, -0.1) is 0 Å². The van der Waals surface area contributed by atoms with E-state index >= 15 is 0 Å². The van der Waals surface area contributed by atoms with Gasteiger partial charge in [-0.05, 0) is 47.7 Å². The normalized spacial score (nSPS) is 12.4. The zero-order chi connectivity index (χ0) is 12.7. The van der Waals surface area contributed by atoms with Gasteiger partial charge in [0.15, 0.2) is 0 Å². The van der Waals surface area contributed by atoms with Crippen LogP contribution in [0.5, 0.6) is 0 Å². The van der Waals surface area contributed by atoms with Gasteiger partial charge in [-0.2, -0.15) is 11.3 Å². The first-order chi connectivity index (χ1) is 8.13. The van der Waals surface area contributed by atoms with Crippen LogP contribution in [0.1, 0.15) is 31.7 Å². The maximum atomic E-state index is 11.9. The fourth-order valence-corrected chi connectivity index (χ4v) is 2.39. The molecule has 1 rings (SSSR count). The predicted octanol–water partition coefficient (Wildman–Crippen LogP) is 2.47. The molecule has 0 radical (unpaired) electrons. The van der Waals surface area contributed by atoms with Crippen LogP contribution in [0.4, 0.5) is 0 Å². The van der Waals surface area contributed by atoms with E-state index in [1.54, 1.807) is 16.2 Å². The van der Waals surface area contributed by atoms with Gasteiger partial charge in [-0.1, -0.05) is 6.92 Å². The highest BCUT2D eigenvalue weighted by Crippen LogP contribution is 2.13. The number of carbonyl (C=O) groups excluding carboxylic acids is 1. The lowest BCUT2D eigenvalue weighted by atomic mass is 10.0. The number of hydrogen-bond donors (Lipinski definition) is 1. The minimum Gasteiger partial charge on any atom is -0.341 e. The molecule has 1 unspecified atom stereocenters. The van der Waals surface area contributed by atoms with E-state index in [1.807, 2.05) is 12.4 Å². The summed E-state index contributed by atoms with van der Waals surface area (Å²) in [6, 6.07) is 2.06. The van der Waals surface area contributed by atoms with Crippen molar-refractivity contribution in [1.29, 1.82) is 0 Å². The Labute approximate surface area is 108 Å². The second-order valence-electron chi connectivity index (χ2n) is 4.60. The molecule has 1 amide bonds. The van der Waals surface area contributed by atoms with Crippen molar-refractivity contribution in [2.75, 3.05) is 13.6 Å². The zero-order valence-electron chi connectivity index (χ0n) is 10.7. The Morgan fingerprint density at radius 1 is 1.53 bits per heavy atom. The molecule has 17 heavy (non-hydrogen) atoms. The molecule has 3 nitrogen and oxygen atoms in total. The third-order valence-corrected chi connectivity index (χ3v) is 3.67. The summed E-state index contributed by atoms with van der Waals surface area (Å²) in [7, 11) is 1.87. The lowest BCUT2D eigenvalue weighted by molar-refractivity contribution is -0.130. The van der Waals surface area contributed by atoms with Crippen LogP contribution in [0.2, 0.25) is 0 Å². The number of amides is 1. The average Bonchev–Trinajstić information content (AvgIpc) is 2.79. The van der Waals surface area contributed by atoms with Crippen molar-refractivity contribution in [3.8, 4) is 0 Å². The molecule has 0 saturated heterocycles. The molecule has 0 aliphatic carbocycles. The largest absolute Gasteiger partial charge is 0.341 e. The van der Waals surface area contributed by atoms with Gasteiger partial charge in [0, 0.05) is 20.0 Å². The van der Waals surface area contributed by atoms with Crippen LogP contribution in [0, 0.1) is 5.92 Å². The topological polar surface area (TPSA) is 46.3 Å². The van der Waals surface area contributed by atoms with E-state index in [4.69, 9.17) is 5.73 Å². The Balaban J connectivity index is 2.27. The zero-order valence-corrected chi connectivity index (χ0v) is 11.5. The minimum atomic E-state index is 0.222. The summed E-state index contributed by atoms with van der Waals surface area (Å²) in [4.78, 5) is 13.7. The molecular weight excluding hydrogens is 232 g/mol. The number of carbonyl (C=O) groups is 1. The van der Waals surface area contributed by atoms with Crippen molar-refractivity contribution in [1.82, 2.24) is 4.90 Å². The second-order valence-corrected chi connectivity index (χ2v) is 5.38. The number of hydrogen-bond acceptors (Lipinski definition) is 3. The molecule has 1 heterocycles. The van der Waals surface area contributed by atoms with Gasteiger partial charge >= 0.3 is 0 Å². The number of rotatable bonds is 7. The molecule has 0 saturated carbocycles. The number of nitrogens with zero attached hydrogens (tertiary/aromatic N) is 1. The third-order valence-electron chi connectivity index (χ3n) is 2.94. The molecule has 0 fully saturated rings. The Morgan fingerprint density at radius 2 is 2.29 bits per heavy atom. The van der Waals surface area contributed by atoms with E-state index in [2.05, 4.69) is 18.4 Å². The van der Waals surface area contributed by atoms with Crippen LogP contribution >= 0.6 is 11.3 Å². The summed E-state index contributed by atoms with van der Waals surface area (Å²) in [5.74, 6) is 0.763. The Hall–Kier alpha value is -0.870. The Morgan fingerprint density at radius 3 is 2.88 bits per heavy atom. The van der Waals surface area contributed by atoms with Gasteiger partial charge in [0.25, 0.3) is 0 Å². The van der Waals surface area contributed by atoms with Crippen LogP contribution < -0.4 is 5.73 Å². The first-order valence-electron chi connectivity index (χ1n) is 6.08. The second kappa shape index (κ2) is 7.45. The molecule has 1 aromatic heterocycles. The number of nitrogens with two attached hydrogens (primary N) is 1. The maximum absolute atomic E-state index is 11.9. The van der Waals surface area contributed by atoms with Crippen molar-refractivity contribution in [2.45, 2.75) is 32.7 Å². The maximum Gasteiger partial charge on any atom is 0.222 e. The summed E-state index contributed by atoms with van der Waals surface area (Å²) < 4.78 is 0. The van der Waals surface area contributed by atoms with Crippen molar-refractivity contribution in [3.05, 3.63) is 22.4 Å². The highest BCUT2D eigenvalue weighted by molar-refractivity contribution is 7.07. The lowest BCUT2D eigenvalue weighted by Crippen LogP contribution is -2.26. The smallest absolute Gasteiger partial charge is 0.222 e. The summed E-state index contributed by atoms with van der Waals surface area (Å²) in [5.41, 5.74) is 6.70. The minimum absolute atomic E-state index is 0.222. The van der Waals surface area contributed by atoms with Crippen molar-refractivity contribution < 1.29 is 4.79 Å². The SMILES string of the molecule is CC(CCN)CCC(=O)N(C)Cc1ccsc1. The molecule has 1 aromatic rings. The molecule has 0 aliphatic rings. The molecule has 0 bridgehead atoms. The van der Waals surface area contributed by atoms with E-state index in [0.717, 1.165) is 12.8 Å². The standard InChI is InChI=1S/C13H22N2OS/c1-11(5-7-14)3-4-13(16)15(2)9-12-6-8-17-10-12/h6,8,10-11H,3-5,7,9,14H2,1-2H3. The molecule has 96 valence electrons. The molecule has 2 N–H and O–H groups in total. The predicted molar refractivity (Wildman–Crippen MR) is 72.9 cm³/mol. The van der Waals surface area contributed by atoms with Crippen LogP contribution in [0.3, 0.4) is 0 Å². The highest BCUT2D eigenvalue weighted by atomic mass is 32.1. The third kappa shape index (κ3) is 5.33. The van der Waals surface area contributed by atoms with Crippen LogP contribution in [0.15, 0.2) is 16.8 Å². The van der Waals surface area contributed by atoms with Crippen LogP contribution in [0.25, 0.3) is 0 Å². The van der Waals surface area contributed by atoms with E-state index in [-0.39, 0.29) is 5.91 Å². The van der Waals surface area contributed by atoms with Crippen molar-refractivity contribution in [3.63, 3.8) is 0 Å². The monoisotopic (exact) mass is 254 g/mol. The van der Waals surface area contributed by atoms with E-state index in [9.17, 15) is 4.79 Å². The molecule has 1 atom stereocenters. The fourth-order valence-electron chi connectivity index (χ4n) is 1.73. The quantitative estimate of drug-likeness (QED) is 0.812. The van der Waals surface area contributed by atoms with Gasteiger partial charge in [-0.25, -0.2) is 0 Å². The Bertz CT molecular complexity index is 324. The van der Waals surface area contributed by atoms with Crippen LogP contribution in [-0.4, -0.2) is 24.4 Å². The van der Waals surface area contributed by atoms with Crippen molar-refractivity contribution >= 4 is 17.2 Å². The van der Waals surface area contributed by atoms with E-state index in [0.29, 0.717) is 25.4 Å². The summed E-state index contributed by atoms with van der Waals surface area (Å²) >= 11 is 1.67. The average molecular weight is 254 g/mol. The van der Waals surface area contributed by atoms with Gasteiger partial charge in [0.2, 0.25) is 5.91 Å². The van der Waals surface area contributed by atoms with Crippen LogP contribution in [-0.2, 0) is 11.3 Å². The summed E-state index contributed by atoms with van der Waals surface area (Å²) in [6.07, 6.45) is 2.56. The first kappa shape index (κ1) is 14.2. The molecular formula is C13H22N2OS. The molecule has 0 aliphatic heterocycles. The van der Waals surface area contributed by atoms with Gasteiger partial charge in [-0.3, -0.25) is 4.79 Å². The van der Waals surface area contributed by atoms with Gasteiger partial charge in [0.1, 0.15) is 0 Å². The molecule has 0 spiro atoms.